The lowest BCUT2D eigenvalue weighted by molar-refractivity contribution is 1.24. The molecule has 0 saturated heterocycles. The van der Waals surface area contributed by atoms with E-state index in [2.05, 4.69) is 30.7 Å². The number of rotatable bonds is 0. The van der Waals surface area contributed by atoms with Gasteiger partial charge in [-0.15, -0.1) is 0 Å². The normalized spacial score (nSPS) is 10.6. The molecule has 0 aliphatic rings. The van der Waals surface area contributed by atoms with Crippen LogP contribution in [0.3, 0.4) is 0 Å². The fraction of sp³-hybridized carbons (Fsp3) is 0.333. The number of aromatic amines is 1. The largest absolute Gasteiger partial charge is 0.329 e. The summed E-state index contributed by atoms with van der Waals surface area (Å²) in [6.07, 6.45) is 0. The molecular weight excluding hydrogens is 186 g/mol. The quantitative estimate of drug-likeness (QED) is 0.709. The number of H-pyrrole nitrogens is 1. The molecule has 0 fully saturated rings. The molecule has 0 saturated carbocycles. The van der Waals surface area contributed by atoms with Gasteiger partial charge in [-0.3, -0.25) is 0 Å². The van der Waals surface area contributed by atoms with Crippen molar-refractivity contribution in [3.8, 4) is 6.07 Å². The maximum absolute atomic E-state index is 8.82. The molecule has 0 bridgehead atoms. The summed E-state index contributed by atoms with van der Waals surface area (Å²) in [5.41, 5.74) is 6.79. The van der Waals surface area contributed by atoms with Crippen LogP contribution >= 0.6 is 0 Å². The molecule has 0 unspecified atom stereocenters. The van der Waals surface area contributed by atoms with Gasteiger partial charge in [0.05, 0.1) is 11.0 Å². The molecule has 3 heteroatoms. The maximum Gasteiger partial charge on any atom is 0.211 e. The van der Waals surface area contributed by atoms with Crippen LogP contribution in [0, 0.1) is 39.0 Å². The SMILES string of the molecule is Cc1c(C)c(C)c2[nH]c(C#N)nc2c1C. The molecule has 1 heterocycles. The van der Waals surface area contributed by atoms with Crippen LogP contribution in [-0.4, -0.2) is 9.97 Å². The van der Waals surface area contributed by atoms with Gasteiger partial charge in [0.2, 0.25) is 5.82 Å². The molecular formula is C12H13N3. The topological polar surface area (TPSA) is 52.5 Å². The third kappa shape index (κ3) is 1.22. The summed E-state index contributed by atoms with van der Waals surface area (Å²) < 4.78 is 0. The predicted octanol–water partition coefficient (Wildman–Crippen LogP) is 2.67. The van der Waals surface area contributed by atoms with Gasteiger partial charge in [0.15, 0.2) is 0 Å². The monoisotopic (exact) mass is 199 g/mol. The Bertz CT molecular complexity index is 540. The fourth-order valence-electron chi connectivity index (χ4n) is 1.90. The summed E-state index contributed by atoms with van der Waals surface area (Å²) >= 11 is 0. The molecule has 76 valence electrons. The Labute approximate surface area is 88.8 Å². The van der Waals surface area contributed by atoms with Gasteiger partial charge in [-0.2, -0.15) is 5.26 Å². The van der Waals surface area contributed by atoms with Crippen molar-refractivity contribution in [1.82, 2.24) is 9.97 Å². The van der Waals surface area contributed by atoms with E-state index >= 15 is 0 Å². The van der Waals surface area contributed by atoms with E-state index in [-0.39, 0.29) is 0 Å². The zero-order valence-electron chi connectivity index (χ0n) is 9.39. The van der Waals surface area contributed by atoms with Gasteiger partial charge >= 0.3 is 0 Å². The zero-order valence-corrected chi connectivity index (χ0v) is 9.39. The van der Waals surface area contributed by atoms with Crippen LogP contribution in [0.5, 0.6) is 0 Å². The van der Waals surface area contributed by atoms with Crippen molar-refractivity contribution < 1.29 is 0 Å². The van der Waals surface area contributed by atoms with Gasteiger partial charge in [0, 0.05) is 0 Å². The van der Waals surface area contributed by atoms with Crippen LogP contribution in [0.2, 0.25) is 0 Å². The maximum atomic E-state index is 8.82. The van der Waals surface area contributed by atoms with E-state index in [0.29, 0.717) is 5.82 Å². The van der Waals surface area contributed by atoms with Gasteiger partial charge in [-0.25, -0.2) is 4.98 Å². The van der Waals surface area contributed by atoms with Gasteiger partial charge in [-0.05, 0) is 49.9 Å². The van der Waals surface area contributed by atoms with Crippen LogP contribution < -0.4 is 0 Å². The number of nitriles is 1. The second-order valence-electron chi connectivity index (χ2n) is 3.92. The highest BCUT2D eigenvalue weighted by molar-refractivity contribution is 5.85. The van der Waals surface area contributed by atoms with Crippen LogP contribution in [-0.2, 0) is 0 Å². The summed E-state index contributed by atoms with van der Waals surface area (Å²) in [5, 5.41) is 8.82. The van der Waals surface area contributed by atoms with Crippen LogP contribution in [0.4, 0.5) is 0 Å². The Morgan fingerprint density at radius 1 is 1.00 bits per heavy atom. The fourth-order valence-corrected chi connectivity index (χ4v) is 1.90. The van der Waals surface area contributed by atoms with E-state index in [9.17, 15) is 0 Å². The summed E-state index contributed by atoms with van der Waals surface area (Å²) in [7, 11) is 0. The number of aryl methyl sites for hydroxylation is 2. The number of nitrogens with one attached hydrogen (secondary N) is 1. The van der Waals surface area contributed by atoms with E-state index in [1.165, 1.54) is 16.7 Å². The van der Waals surface area contributed by atoms with E-state index in [1.54, 1.807) is 0 Å². The first kappa shape index (κ1) is 9.72. The van der Waals surface area contributed by atoms with Crippen molar-refractivity contribution >= 4 is 11.0 Å². The first-order valence-electron chi connectivity index (χ1n) is 4.92. The number of benzene rings is 1. The van der Waals surface area contributed by atoms with Crippen molar-refractivity contribution in [3.05, 3.63) is 28.1 Å². The van der Waals surface area contributed by atoms with Gasteiger partial charge in [0.25, 0.3) is 0 Å². The number of nitrogens with zero attached hydrogens (tertiary/aromatic N) is 2. The van der Waals surface area contributed by atoms with E-state index in [0.717, 1.165) is 16.6 Å². The van der Waals surface area contributed by atoms with E-state index in [1.807, 2.05) is 13.0 Å². The molecule has 0 amide bonds. The minimum absolute atomic E-state index is 0.390. The highest BCUT2D eigenvalue weighted by atomic mass is 14.9. The van der Waals surface area contributed by atoms with Crippen molar-refractivity contribution in [2.45, 2.75) is 27.7 Å². The van der Waals surface area contributed by atoms with Crippen molar-refractivity contribution in [2.75, 3.05) is 0 Å². The lowest BCUT2D eigenvalue weighted by Crippen LogP contribution is -1.92. The molecule has 1 N–H and O–H groups in total. The lowest BCUT2D eigenvalue weighted by Gasteiger charge is -2.09. The summed E-state index contributed by atoms with van der Waals surface area (Å²) in [5.74, 6) is 0.390. The number of hydrogen-bond donors (Lipinski definition) is 1. The van der Waals surface area contributed by atoms with E-state index < -0.39 is 0 Å². The lowest BCUT2D eigenvalue weighted by atomic mass is 9.98. The second kappa shape index (κ2) is 3.09. The minimum Gasteiger partial charge on any atom is -0.329 e. The summed E-state index contributed by atoms with van der Waals surface area (Å²) in [6, 6.07) is 2.04. The number of hydrogen-bond acceptors (Lipinski definition) is 2. The molecule has 2 rings (SSSR count). The van der Waals surface area contributed by atoms with Crippen LogP contribution in [0.25, 0.3) is 11.0 Å². The minimum atomic E-state index is 0.390. The van der Waals surface area contributed by atoms with Crippen molar-refractivity contribution in [2.24, 2.45) is 0 Å². The van der Waals surface area contributed by atoms with Gasteiger partial charge in [0.1, 0.15) is 6.07 Å². The molecule has 0 radical (unpaired) electrons. The van der Waals surface area contributed by atoms with Crippen molar-refractivity contribution in [1.29, 1.82) is 5.26 Å². The summed E-state index contributed by atoms with van der Waals surface area (Å²) in [6.45, 7) is 8.30. The molecule has 0 aliphatic heterocycles. The Hall–Kier alpha value is -1.82. The highest BCUT2D eigenvalue weighted by Crippen LogP contribution is 2.26. The Morgan fingerprint density at radius 2 is 1.60 bits per heavy atom. The smallest absolute Gasteiger partial charge is 0.211 e. The predicted molar refractivity (Wildman–Crippen MR) is 59.8 cm³/mol. The molecule has 0 spiro atoms. The average molecular weight is 199 g/mol. The second-order valence-corrected chi connectivity index (χ2v) is 3.92. The standard InChI is InChI=1S/C12H13N3/c1-6-7(2)9(4)12-11(8(6)3)14-10(5-13)15-12/h1-4H3,(H,14,15). The van der Waals surface area contributed by atoms with E-state index in [4.69, 9.17) is 5.26 Å². The average Bonchev–Trinajstić information content (AvgIpc) is 2.67. The molecule has 1 aromatic heterocycles. The Kier molecular flexibility index (Phi) is 2.01. The van der Waals surface area contributed by atoms with Crippen molar-refractivity contribution in [3.63, 3.8) is 0 Å². The van der Waals surface area contributed by atoms with Crippen LogP contribution in [0.1, 0.15) is 28.1 Å². The number of imidazole rings is 1. The first-order chi connectivity index (χ1) is 7.06. The van der Waals surface area contributed by atoms with Gasteiger partial charge in [-0.1, -0.05) is 0 Å². The van der Waals surface area contributed by atoms with Crippen LogP contribution in [0.15, 0.2) is 0 Å². The Balaban J connectivity index is 2.98. The third-order valence-corrected chi connectivity index (χ3v) is 3.23. The van der Waals surface area contributed by atoms with Gasteiger partial charge < -0.3 is 4.98 Å². The molecule has 15 heavy (non-hydrogen) atoms. The highest BCUT2D eigenvalue weighted by Gasteiger charge is 2.12. The number of fused-ring (bicyclic) bond motifs is 1. The molecule has 0 aliphatic carbocycles. The molecule has 2 aromatic rings. The molecule has 1 aromatic carbocycles. The number of aromatic nitrogens is 2. The molecule has 3 nitrogen and oxygen atoms in total. The third-order valence-electron chi connectivity index (χ3n) is 3.23. The zero-order chi connectivity index (χ0) is 11.2. The Morgan fingerprint density at radius 3 is 2.20 bits per heavy atom. The molecule has 0 atom stereocenters. The summed E-state index contributed by atoms with van der Waals surface area (Å²) in [4.78, 5) is 7.33. The first-order valence-corrected chi connectivity index (χ1v) is 4.92.